The minimum Gasteiger partial charge on any atom is -0.302 e. The number of sulfonamides is 1. The Labute approximate surface area is 167 Å². The van der Waals surface area contributed by atoms with Crippen LogP contribution in [0.15, 0.2) is 58.3 Å². The summed E-state index contributed by atoms with van der Waals surface area (Å²) in [4.78, 5) is 10.3. The molecule has 0 aliphatic rings. The highest BCUT2D eigenvalue weighted by molar-refractivity contribution is 8.13. The normalized spacial score (nSPS) is 10.9. The van der Waals surface area contributed by atoms with Gasteiger partial charge in [0.2, 0.25) is 10.0 Å². The van der Waals surface area contributed by atoms with Crippen molar-refractivity contribution in [2.45, 2.75) is 9.79 Å². The zero-order chi connectivity index (χ0) is 21.4. The van der Waals surface area contributed by atoms with Crippen molar-refractivity contribution >= 4 is 36.0 Å². The van der Waals surface area contributed by atoms with Gasteiger partial charge in [-0.05, 0) is 48.5 Å². The van der Waals surface area contributed by atoms with Gasteiger partial charge in [-0.15, -0.1) is 0 Å². The average Bonchev–Trinajstić information content (AvgIpc) is 2.68. The molecule has 0 saturated carbocycles. The number of hydrogen-bond acceptors (Lipinski definition) is 7. The molecule has 0 heterocycles. The van der Waals surface area contributed by atoms with E-state index in [1.54, 1.807) is 0 Å². The van der Waals surface area contributed by atoms with E-state index in [0.29, 0.717) is 17.4 Å². The van der Waals surface area contributed by atoms with Crippen LogP contribution < -0.4 is 0 Å². The molecule has 0 bridgehead atoms. The van der Waals surface area contributed by atoms with Crippen LogP contribution in [0.5, 0.6) is 0 Å². The summed E-state index contributed by atoms with van der Waals surface area (Å²) in [6.45, 7) is -0.192. The average molecular weight is 440 g/mol. The Morgan fingerprint density at radius 3 is 1.61 bits per heavy atom. The zero-order valence-electron chi connectivity index (χ0n) is 14.5. The summed E-state index contributed by atoms with van der Waals surface area (Å²) < 4.78 is 46.0. The second-order valence-corrected chi connectivity index (χ2v) is 9.77. The molecule has 28 heavy (non-hydrogen) atoms. The fourth-order valence-corrected chi connectivity index (χ4v) is 3.64. The lowest BCUT2D eigenvalue weighted by Gasteiger charge is -2.13. The first-order chi connectivity index (χ1) is 13.1. The summed E-state index contributed by atoms with van der Waals surface area (Å²) in [5.41, 5.74) is 0.788. The van der Waals surface area contributed by atoms with E-state index in [-0.39, 0.29) is 16.3 Å². The minimum atomic E-state index is -3.66. The summed E-state index contributed by atoms with van der Waals surface area (Å²) in [6.07, 6.45) is 0.515. The monoisotopic (exact) mass is 439 g/mol. The van der Waals surface area contributed by atoms with Crippen molar-refractivity contribution in [3.63, 3.8) is 0 Å². The molecule has 0 aliphatic carbocycles. The van der Waals surface area contributed by atoms with E-state index in [9.17, 15) is 21.6 Å². The molecule has 2 aromatic carbocycles. The molecule has 0 radical (unpaired) electrons. The quantitative estimate of drug-likeness (QED) is 0.512. The van der Waals surface area contributed by atoms with E-state index in [1.807, 2.05) is 12.1 Å². The summed E-state index contributed by atoms with van der Waals surface area (Å²) in [6, 6.07) is 14.7. The van der Waals surface area contributed by atoms with Gasteiger partial charge >= 0.3 is 0 Å². The van der Waals surface area contributed by atoms with Crippen LogP contribution in [0, 0.1) is 22.7 Å². The van der Waals surface area contributed by atoms with Gasteiger partial charge in [0, 0.05) is 17.7 Å². The Hall–Kier alpha value is -2.76. The third kappa shape index (κ3) is 6.44. The molecule has 0 amide bonds. The molecule has 11 heteroatoms. The predicted octanol–water partition coefficient (Wildman–Crippen LogP) is 1.86. The fourth-order valence-electron chi connectivity index (χ4n) is 1.78. The van der Waals surface area contributed by atoms with E-state index >= 15 is 0 Å². The second kappa shape index (κ2) is 9.97. The molecule has 0 aliphatic heterocycles. The van der Waals surface area contributed by atoms with Crippen LogP contribution in [-0.2, 0) is 23.9 Å². The zero-order valence-corrected chi connectivity index (χ0v) is 16.9. The molecular weight excluding hydrogens is 426 g/mol. The molecule has 0 spiro atoms. The van der Waals surface area contributed by atoms with Crippen LogP contribution in [0.2, 0.25) is 0 Å². The van der Waals surface area contributed by atoms with Gasteiger partial charge in [0.15, 0.2) is 0 Å². The number of halogens is 1. The van der Waals surface area contributed by atoms with Gasteiger partial charge < -0.3 is 4.79 Å². The largest absolute Gasteiger partial charge is 0.302 e. The van der Waals surface area contributed by atoms with Crippen LogP contribution in [0.3, 0.4) is 0 Å². The Kier molecular flexibility index (Phi) is 8.29. The summed E-state index contributed by atoms with van der Waals surface area (Å²) in [5.74, 6) is 0. The van der Waals surface area contributed by atoms with Gasteiger partial charge in [0.25, 0.3) is 9.05 Å². The van der Waals surface area contributed by atoms with Crippen molar-refractivity contribution in [2.75, 3.05) is 13.6 Å². The first kappa shape index (κ1) is 23.3. The number of carbonyl (C=O) groups excluding carboxylic acids is 1. The predicted molar refractivity (Wildman–Crippen MR) is 101 cm³/mol. The molecule has 8 nitrogen and oxygen atoms in total. The number of benzene rings is 2. The fraction of sp³-hybridized carbons (Fsp3) is 0.118. The van der Waals surface area contributed by atoms with E-state index in [4.69, 9.17) is 21.2 Å². The standard InChI is InChI=1S/C10H10N2O3S.C7H4ClNO2S/c1-12(6-7-13)16(14,15)10-4-2-9(8-11)3-5-10;8-12(10,11)7-3-1-6(5-9)2-4-7/h2-5,7H,6H2,1H3;1-4H. The Morgan fingerprint density at radius 1 is 0.893 bits per heavy atom. The highest BCUT2D eigenvalue weighted by Gasteiger charge is 2.19. The van der Waals surface area contributed by atoms with Crippen molar-refractivity contribution in [1.29, 1.82) is 10.5 Å². The molecule has 0 fully saturated rings. The van der Waals surface area contributed by atoms with Gasteiger partial charge in [-0.1, -0.05) is 0 Å². The van der Waals surface area contributed by atoms with E-state index in [0.717, 1.165) is 4.31 Å². The molecule has 2 aromatic rings. The van der Waals surface area contributed by atoms with Crippen LogP contribution in [-0.4, -0.2) is 41.0 Å². The van der Waals surface area contributed by atoms with Gasteiger partial charge in [-0.25, -0.2) is 16.8 Å². The van der Waals surface area contributed by atoms with Crippen molar-refractivity contribution in [2.24, 2.45) is 0 Å². The van der Waals surface area contributed by atoms with Gasteiger partial charge in [-0.2, -0.15) is 14.8 Å². The SMILES string of the molecule is CN(CC=O)S(=O)(=O)c1ccc(C#N)cc1.N#Cc1ccc(S(=O)(=O)Cl)cc1. The smallest absolute Gasteiger partial charge is 0.261 e. The number of nitrogens with zero attached hydrogens (tertiary/aromatic N) is 3. The maximum atomic E-state index is 11.8. The summed E-state index contributed by atoms with van der Waals surface area (Å²) >= 11 is 0. The lowest BCUT2D eigenvalue weighted by Crippen LogP contribution is -2.28. The Morgan fingerprint density at radius 2 is 1.29 bits per heavy atom. The van der Waals surface area contributed by atoms with E-state index in [1.165, 1.54) is 55.6 Å². The van der Waals surface area contributed by atoms with Crippen LogP contribution in [0.25, 0.3) is 0 Å². The second-order valence-electron chi connectivity index (χ2n) is 5.16. The minimum absolute atomic E-state index is 0.00293. The van der Waals surface area contributed by atoms with Gasteiger partial charge in [0.05, 0.1) is 39.6 Å². The molecule has 0 saturated heterocycles. The van der Waals surface area contributed by atoms with E-state index < -0.39 is 19.1 Å². The number of carbonyl (C=O) groups is 1. The highest BCUT2D eigenvalue weighted by atomic mass is 35.7. The molecule has 0 N–H and O–H groups in total. The first-order valence-electron chi connectivity index (χ1n) is 7.41. The molecular formula is C17H14ClN3O5S2. The van der Waals surface area contributed by atoms with E-state index in [2.05, 4.69) is 0 Å². The number of rotatable bonds is 5. The Balaban J connectivity index is 0.000000292. The van der Waals surface area contributed by atoms with Crippen LogP contribution in [0.4, 0.5) is 0 Å². The maximum absolute atomic E-state index is 11.8. The lowest BCUT2D eigenvalue weighted by atomic mass is 10.2. The van der Waals surface area contributed by atoms with Gasteiger partial charge in [-0.3, -0.25) is 0 Å². The van der Waals surface area contributed by atoms with Crippen molar-refractivity contribution in [3.8, 4) is 12.1 Å². The van der Waals surface area contributed by atoms with Crippen molar-refractivity contribution < 1.29 is 21.6 Å². The number of nitriles is 2. The first-order valence-corrected chi connectivity index (χ1v) is 11.2. The molecule has 2 rings (SSSR count). The molecule has 0 atom stereocenters. The van der Waals surface area contributed by atoms with Crippen molar-refractivity contribution in [3.05, 3.63) is 59.7 Å². The number of hydrogen-bond donors (Lipinski definition) is 0. The maximum Gasteiger partial charge on any atom is 0.261 e. The third-order valence-corrected chi connectivity index (χ3v) is 6.50. The summed E-state index contributed by atoms with van der Waals surface area (Å²) in [7, 11) is -0.934. The van der Waals surface area contributed by atoms with Crippen LogP contribution in [0.1, 0.15) is 11.1 Å². The van der Waals surface area contributed by atoms with Crippen LogP contribution >= 0.6 is 10.7 Å². The molecule has 146 valence electrons. The number of likely N-dealkylation sites (N-methyl/N-ethyl adjacent to an activating group) is 1. The Bertz CT molecular complexity index is 1120. The number of aldehydes is 1. The molecule has 0 aromatic heterocycles. The lowest BCUT2D eigenvalue weighted by molar-refractivity contribution is -0.107. The van der Waals surface area contributed by atoms with Gasteiger partial charge in [0.1, 0.15) is 6.29 Å². The third-order valence-electron chi connectivity index (χ3n) is 3.29. The highest BCUT2D eigenvalue weighted by Crippen LogP contribution is 2.15. The topological polar surface area (TPSA) is 136 Å². The summed E-state index contributed by atoms with van der Waals surface area (Å²) in [5, 5.41) is 17.0. The molecule has 0 unspecified atom stereocenters. The van der Waals surface area contributed by atoms with Crippen molar-refractivity contribution in [1.82, 2.24) is 4.31 Å².